The van der Waals surface area contributed by atoms with E-state index in [-0.39, 0.29) is 5.41 Å². The van der Waals surface area contributed by atoms with Crippen LogP contribution in [0.25, 0.3) is 21.9 Å². The quantitative estimate of drug-likeness (QED) is 0.417. The van der Waals surface area contributed by atoms with Crippen LogP contribution in [-0.4, -0.2) is 9.97 Å². The van der Waals surface area contributed by atoms with Crippen LogP contribution in [0.1, 0.15) is 37.5 Å². The lowest BCUT2D eigenvalue weighted by molar-refractivity contribution is 0.589. The largest absolute Gasteiger partial charge is 0.324 e. The van der Waals surface area contributed by atoms with E-state index in [4.69, 9.17) is 4.98 Å². The molecule has 3 heteroatoms. The highest BCUT2D eigenvalue weighted by Gasteiger charge is 2.18. The molecule has 0 saturated heterocycles. The molecule has 4 rings (SSSR count). The Kier molecular flexibility index (Phi) is 4.83. The zero-order chi connectivity index (χ0) is 20.6. The van der Waals surface area contributed by atoms with Crippen molar-refractivity contribution >= 4 is 22.4 Å². The third kappa shape index (κ3) is 3.73. The van der Waals surface area contributed by atoms with Crippen molar-refractivity contribution in [1.82, 2.24) is 9.97 Å². The van der Waals surface area contributed by atoms with E-state index in [1.165, 1.54) is 27.6 Å². The first-order valence-corrected chi connectivity index (χ1v) is 10.0. The molecule has 4 aromatic rings. The van der Waals surface area contributed by atoms with Crippen molar-refractivity contribution in [2.24, 2.45) is 0 Å². The summed E-state index contributed by atoms with van der Waals surface area (Å²) in [7, 11) is 0. The van der Waals surface area contributed by atoms with E-state index in [2.05, 4.69) is 99.5 Å². The van der Waals surface area contributed by atoms with Crippen molar-refractivity contribution < 1.29 is 0 Å². The van der Waals surface area contributed by atoms with Crippen LogP contribution in [0.4, 0.5) is 11.6 Å². The summed E-state index contributed by atoms with van der Waals surface area (Å²) >= 11 is 0. The number of hydrogen-bond donors (Lipinski definition) is 1. The number of nitrogens with one attached hydrogen (secondary N) is 1. The van der Waals surface area contributed by atoms with Crippen LogP contribution in [0.5, 0.6) is 0 Å². The fourth-order valence-corrected chi connectivity index (χ4v) is 3.81. The summed E-state index contributed by atoms with van der Waals surface area (Å²) in [6.45, 7) is 11.0. The second-order valence-corrected chi connectivity index (χ2v) is 8.64. The van der Waals surface area contributed by atoms with Gasteiger partial charge in [0.1, 0.15) is 11.6 Å². The smallest absolute Gasteiger partial charge is 0.140 e. The van der Waals surface area contributed by atoms with Gasteiger partial charge in [-0.05, 0) is 59.0 Å². The summed E-state index contributed by atoms with van der Waals surface area (Å²) in [5.74, 6) is 1.65. The molecule has 0 aliphatic carbocycles. The normalized spacial score (nSPS) is 11.6. The monoisotopic (exact) mass is 381 g/mol. The maximum Gasteiger partial charge on any atom is 0.140 e. The van der Waals surface area contributed by atoms with E-state index in [0.717, 1.165) is 22.6 Å². The third-order valence-electron chi connectivity index (χ3n) is 5.40. The second-order valence-electron chi connectivity index (χ2n) is 8.64. The Labute approximate surface area is 172 Å². The minimum atomic E-state index is 0.0611. The molecule has 2 heterocycles. The molecule has 2 aromatic heterocycles. The Morgan fingerprint density at radius 1 is 0.793 bits per heavy atom. The van der Waals surface area contributed by atoms with Crippen molar-refractivity contribution in [3.8, 4) is 11.1 Å². The Morgan fingerprint density at radius 2 is 1.52 bits per heavy atom. The average Bonchev–Trinajstić information content (AvgIpc) is 2.68. The molecule has 0 amide bonds. The molecule has 146 valence electrons. The number of rotatable bonds is 3. The highest BCUT2D eigenvalue weighted by Crippen LogP contribution is 2.38. The molecule has 0 spiro atoms. The zero-order valence-electron chi connectivity index (χ0n) is 17.7. The van der Waals surface area contributed by atoms with Gasteiger partial charge in [0.2, 0.25) is 0 Å². The average molecular weight is 382 g/mol. The number of pyridine rings is 2. The minimum Gasteiger partial charge on any atom is -0.324 e. The van der Waals surface area contributed by atoms with Gasteiger partial charge in [0, 0.05) is 23.3 Å². The van der Waals surface area contributed by atoms with Gasteiger partial charge in [-0.3, -0.25) is 0 Å². The van der Waals surface area contributed by atoms with E-state index < -0.39 is 0 Å². The number of anilines is 2. The topological polar surface area (TPSA) is 37.8 Å². The van der Waals surface area contributed by atoms with E-state index in [9.17, 15) is 0 Å². The maximum absolute atomic E-state index is 4.80. The summed E-state index contributed by atoms with van der Waals surface area (Å²) < 4.78 is 0. The number of benzene rings is 2. The SMILES string of the molecule is Cc1cccc(C)c1-c1c(Nc2cc(C(C)(C)C)ccn2)ncc2ccccc12. The van der Waals surface area contributed by atoms with Crippen LogP contribution < -0.4 is 5.32 Å². The molecule has 0 saturated carbocycles. The molecule has 0 unspecified atom stereocenters. The molecule has 1 N–H and O–H groups in total. The lowest BCUT2D eigenvalue weighted by atomic mass is 9.88. The highest BCUT2D eigenvalue weighted by atomic mass is 15.1. The number of aryl methyl sites for hydroxylation is 2. The molecule has 0 atom stereocenters. The van der Waals surface area contributed by atoms with E-state index >= 15 is 0 Å². The van der Waals surface area contributed by atoms with Crippen molar-refractivity contribution in [3.05, 3.63) is 83.7 Å². The molecule has 0 radical (unpaired) electrons. The standard InChI is InChI=1S/C26H27N3/c1-17-9-8-10-18(2)23(17)24-21-12-7-6-11-19(21)16-28-25(24)29-22-15-20(13-14-27-22)26(3,4)5/h6-16H,1-5H3,(H,27,28,29). The minimum absolute atomic E-state index is 0.0611. The molecular formula is C26H27N3. The predicted octanol–water partition coefficient (Wildman–Crippen LogP) is 6.95. The van der Waals surface area contributed by atoms with Gasteiger partial charge in [-0.25, -0.2) is 9.97 Å². The third-order valence-corrected chi connectivity index (χ3v) is 5.40. The molecule has 2 aromatic carbocycles. The first-order valence-electron chi connectivity index (χ1n) is 10.0. The summed E-state index contributed by atoms with van der Waals surface area (Å²) in [5, 5.41) is 5.83. The molecule has 0 bridgehead atoms. The predicted molar refractivity (Wildman–Crippen MR) is 123 cm³/mol. The lowest BCUT2D eigenvalue weighted by Crippen LogP contribution is -2.11. The lowest BCUT2D eigenvalue weighted by Gasteiger charge is -2.20. The van der Waals surface area contributed by atoms with Crippen LogP contribution in [-0.2, 0) is 5.41 Å². The van der Waals surface area contributed by atoms with Crippen LogP contribution in [0.2, 0.25) is 0 Å². The van der Waals surface area contributed by atoms with Gasteiger partial charge >= 0.3 is 0 Å². The van der Waals surface area contributed by atoms with Gasteiger partial charge in [0.05, 0.1) is 0 Å². The van der Waals surface area contributed by atoms with E-state index in [1.54, 1.807) is 0 Å². The van der Waals surface area contributed by atoms with Crippen LogP contribution >= 0.6 is 0 Å². The number of aromatic nitrogens is 2. The van der Waals surface area contributed by atoms with Gasteiger partial charge in [-0.15, -0.1) is 0 Å². The van der Waals surface area contributed by atoms with Gasteiger partial charge in [-0.1, -0.05) is 63.2 Å². The molecule has 0 aliphatic rings. The van der Waals surface area contributed by atoms with Crippen LogP contribution in [0, 0.1) is 13.8 Å². The molecular weight excluding hydrogens is 354 g/mol. The molecule has 29 heavy (non-hydrogen) atoms. The first-order chi connectivity index (χ1) is 13.8. The first kappa shape index (κ1) is 19.1. The molecule has 0 fully saturated rings. The molecule has 0 aliphatic heterocycles. The molecule has 3 nitrogen and oxygen atoms in total. The Hall–Kier alpha value is -3.20. The van der Waals surface area contributed by atoms with Gasteiger partial charge in [0.15, 0.2) is 0 Å². The van der Waals surface area contributed by atoms with Crippen molar-refractivity contribution in [2.75, 3.05) is 5.32 Å². The van der Waals surface area contributed by atoms with Crippen molar-refractivity contribution in [3.63, 3.8) is 0 Å². The number of nitrogens with zero attached hydrogens (tertiary/aromatic N) is 2. The van der Waals surface area contributed by atoms with Gasteiger partial charge in [0.25, 0.3) is 0 Å². The summed E-state index contributed by atoms with van der Waals surface area (Å²) in [4.78, 5) is 9.36. The Morgan fingerprint density at radius 3 is 2.24 bits per heavy atom. The van der Waals surface area contributed by atoms with E-state index in [0.29, 0.717) is 0 Å². The van der Waals surface area contributed by atoms with E-state index in [1.807, 2.05) is 12.4 Å². The Balaban J connectivity index is 1.92. The van der Waals surface area contributed by atoms with Crippen LogP contribution in [0.15, 0.2) is 67.0 Å². The number of hydrogen-bond acceptors (Lipinski definition) is 3. The second kappa shape index (κ2) is 7.32. The van der Waals surface area contributed by atoms with Crippen molar-refractivity contribution in [2.45, 2.75) is 40.0 Å². The zero-order valence-corrected chi connectivity index (χ0v) is 17.7. The number of fused-ring (bicyclic) bond motifs is 1. The highest BCUT2D eigenvalue weighted by molar-refractivity contribution is 6.03. The maximum atomic E-state index is 4.80. The van der Waals surface area contributed by atoms with Gasteiger partial charge < -0.3 is 5.32 Å². The van der Waals surface area contributed by atoms with Crippen LogP contribution in [0.3, 0.4) is 0 Å². The van der Waals surface area contributed by atoms with Crippen molar-refractivity contribution in [1.29, 1.82) is 0 Å². The fourth-order valence-electron chi connectivity index (χ4n) is 3.81. The summed E-state index contributed by atoms with van der Waals surface area (Å²) in [6, 6.07) is 19.0. The van der Waals surface area contributed by atoms with Gasteiger partial charge in [-0.2, -0.15) is 0 Å². The fraction of sp³-hybridized carbons (Fsp3) is 0.231. The summed E-state index contributed by atoms with van der Waals surface area (Å²) in [5.41, 5.74) is 6.13. The summed E-state index contributed by atoms with van der Waals surface area (Å²) in [6.07, 6.45) is 3.80. The Bertz CT molecular complexity index is 1170.